The van der Waals surface area contributed by atoms with Crippen LogP contribution in [0, 0.1) is 5.92 Å². The van der Waals surface area contributed by atoms with Crippen LogP contribution in [0.3, 0.4) is 0 Å². The number of ether oxygens (including phenoxy) is 2. The fourth-order valence-electron chi connectivity index (χ4n) is 2.83. The van der Waals surface area contributed by atoms with Crippen LogP contribution in [0.1, 0.15) is 6.42 Å². The highest BCUT2D eigenvalue weighted by Crippen LogP contribution is 2.35. The van der Waals surface area contributed by atoms with Crippen LogP contribution in [-0.2, 0) is 16.6 Å². The third kappa shape index (κ3) is 3.42. The Bertz CT molecular complexity index is 802. The number of nitrogens with zero attached hydrogens (tertiary/aromatic N) is 3. The summed E-state index contributed by atoms with van der Waals surface area (Å²) in [7, 11) is 4.87. The Balaban J connectivity index is 1.75. The van der Waals surface area contributed by atoms with E-state index in [4.69, 9.17) is 9.47 Å². The van der Waals surface area contributed by atoms with Crippen LogP contribution in [0.25, 0.3) is 0 Å². The molecule has 25 heavy (non-hydrogen) atoms. The van der Waals surface area contributed by atoms with Crippen molar-refractivity contribution in [2.24, 2.45) is 13.0 Å². The number of hydrogen-bond acceptors (Lipinski definition) is 5. The zero-order valence-electron chi connectivity index (χ0n) is 14.4. The Kier molecular flexibility index (Phi) is 4.60. The van der Waals surface area contributed by atoms with Gasteiger partial charge in [-0.1, -0.05) is 0 Å². The van der Waals surface area contributed by atoms with E-state index in [1.165, 1.54) is 7.11 Å². The predicted octanol–water partition coefficient (Wildman–Crippen LogP) is 1.43. The van der Waals surface area contributed by atoms with Crippen LogP contribution in [0.15, 0.2) is 30.5 Å². The first-order valence-corrected chi connectivity index (χ1v) is 7.84. The summed E-state index contributed by atoms with van der Waals surface area (Å²) < 4.78 is 12.1. The maximum atomic E-state index is 12.4. The van der Waals surface area contributed by atoms with Gasteiger partial charge in [0.1, 0.15) is 11.5 Å². The summed E-state index contributed by atoms with van der Waals surface area (Å²) in [6.07, 6.45) is 1.89. The van der Waals surface area contributed by atoms with E-state index in [1.54, 1.807) is 54.2 Å². The van der Waals surface area contributed by atoms with Crippen LogP contribution < -0.4 is 19.7 Å². The standard InChI is InChI=1S/C17H20N4O4/c1-20-7-6-15(19-20)18-17(23)11-8-16(22)21(10-11)13-5-4-12(24-2)9-14(13)25-3/h4-7,9,11H,8,10H2,1-3H3,(H,18,19,23)/t11-/m1/s1. The minimum atomic E-state index is -0.443. The molecule has 0 spiro atoms. The van der Waals surface area contributed by atoms with Gasteiger partial charge in [0.05, 0.1) is 25.8 Å². The lowest BCUT2D eigenvalue weighted by atomic mass is 10.1. The van der Waals surface area contributed by atoms with Gasteiger partial charge in [0.25, 0.3) is 0 Å². The van der Waals surface area contributed by atoms with Crippen molar-refractivity contribution in [3.63, 3.8) is 0 Å². The van der Waals surface area contributed by atoms with Gasteiger partial charge in [-0.15, -0.1) is 0 Å². The number of rotatable bonds is 5. The quantitative estimate of drug-likeness (QED) is 0.887. The van der Waals surface area contributed by atoms with Gasteiger partial charge in [-0.25, -0.2) is 0 Å². The first kappa shape index (κ1) is 16.8. The molecule has 132 valence electrons. The average Bonchev–Trinajstić information content (AvgIpc) is 3.19. The second kappa shape index (κ2) is 6.84. The summed E-state index contributed by atoms with van der Waals surface area (Å²) in [5, 5.41) is 6.86. The molecule has 0 unspecified atom stereocenters. The highest BCUT2D eigenvalue weighted by Gasteiger charge is 2.36. The fraction of sp³-hybridized carbons (Fsp3) is 0.353. The number of anilines is 2. The molecule has 1 atom stereocenters. The number of carbonyl (C=O) groups is 2. The molecule has 0 saturated carbocycles. The number of benzene rings is 1. The van der Waals surface area contributed by atoms with Crippen molar-refractivity contribution in [3.8, 4) is 11.5 Å². The van der Waals surface area contributed by atoms with E-state index in [9.17, 15) is 9.59 Å². The minimum Gasteiger partial charge on any atom is -0.497 e. The van der Waals surface area contributed by atoms with Gasteiger partial charge in [-0.3, -0.25) is 14.3 Å². The maximum Gasteiger partial charge on any atom is 0.231 e. The molecule has 2 amide bonds. The number of methoxy groups -OCH3 is 2. The van der Waals surface area contributed by atoms with Crippen LogP contribution >= 0.6 is 0 Å². The third-order valence-electron chi connectivity index (χ3n) is 4.14. The molecule has 1 aliphatic heterocycles. The van der Waals surface area contributed by atoms with Crippen LogP contribution in [0.4, 0.5) is 11.5 Å². The molecule has 0 radical (unpaired) electrons. The molecule has 2 heterocycles. The molecule has 0 aliphatic carbocycles. The minimum absolute atomic E-state index is 0.121. The summed E-state index contributed by atoms with van der Waals surface area (Å²) in [4.78, 5) is 26.4. The smallest absolute Gasteiger partial charge is 0.231 e. The Morgan fingerprint density at radius 1 is 1.28 bits per heavy atom. The number of nitrogens with one attached hydrogen (secondary N) is 1. The van der Waals surface area contributed by atoms with Crippen molar-refractivity contribution in [3.05, 3.63) is 30.5 Å². The largest absolute Gasteiger partial charge is 0.497 e. The van der Waals surface area contributed by atoms with E-state index in [-0.39, 0.29) is 18.2 Å². The molecule has 1 aromatic heterocycles. The van der Waals surface area contributed by atoms with Crippen LogP contribution in [0.5, 0.6) is 11.5 Å². The van der Waals surface area contributed by atoms with E-state index in [1.807, 2.05) is 0 Å². The number of hydrogen-bond donors (Lipinski definition) is 1. The van der Waals surface area contributed by atoms with Crippen LogP contribution in [0.2, 0.25) is 0 Å². The summed E-state index contributed by atoms with van der Waals surface area (Å²) in [5.74, 6) is 0.851. The Labute approximate surface area is 145 Å². The Morgan fingerprint density at radius 3 is 2.72 bits per heavy atom. The average molecular weight is 344 g/mol. The van der Waals surface area contributed by atoms with Gasteiger partial charge in [0, 0.05) is 38.3 Å². The highest BCUT2D eigenvalue weighted by atomic mass is 16.5. The lowest BCUT2D eigenvalue weighted by Gasteiger charge is -2.20. The molecule has 2 aromatic rings. The first-order valence-electron chi connectivity index (χ1n) is 7.84. The van der Waals surface area contributed by atoms with Gasteiger partial charge in [0.2, 0.25) is 11.8 Å². The molecule has 1 fully saturated rings. The summed E-state index contributed by atoms with van der Waals surface area (Å²) >= 11 is 0. The van der Waals surface area contributed by atoms with Gasteiger partial charge >= 0.3 is 0 Å². The van der Waals surface area contributed by atoms with Crippen molar-refractivity contribution in [2.75, 3.05) is 31.0 Å². The second-order valence-corrected chi connectivity index (χ2v) is 5.81. The van der Waals surface area contributed by atoms with Crippen molar-refractivity contribution >= 4 is 23.3 Å². The normalized spacial score (nSPS) is 16.8. The van der Waals surface area contributed by atoms with E-state index < -0.39 is 5.92 Å². The van der Waals surface area contributed by atoms with E-state index >= 15 is 0 Å². The lowest BCUT2D eigenvalue weighted by Crippen LogP contribution is -2.28. The van der Waals surface area contributed by atoms with Crippen molar-refractivity contribution in [1.29, 1.82) is 0 Å². The zero-order chi connectivity index (χ0) is 18.0. The molecular weight excluding hydrogens is 324 g/mol. The molecule has 1 aliphatic rings. The second-order valence-electron chi connectivity index (χ2n) is 5.81. The van der Waals surface area contributed by atoms with Crippen LogP contribution in [-0.4, -0.2) is 42.4 Å². The molecule has 3 rings (SSSR count). The van der Waals surface area contributed by atoms with E-state index in [2.05, 4.69) is 10.4 Å². The van der Waals surface area contributed by atoms with Crippen molar-refractivity contribution in [2.45, 2.75) is 6.42 Å². The summed E-state index contributed by atoms with van der Waals surface area (Å²) in [6, 6.07) is 6.93. The lowest BCUT2D eigenvalue weighted by molar-refractivity contribution is -0.122. The summed E-state index contributed by atoms with van der Waals surface area (Å²) in [6.45, 7) is 0.292. The van der Waals surface area contributed by atoms with E-state index in [0.29, 0.717) is 29.5 Å². The maximum absolute atomic E-state index is 12.4. The molecular formula is C17H20N4O4. The Morgan fingerprint density at radius 2 is 2.08 bits per heavy atom. The summed E-state index contributed by atoms with van der Waals surface area (Å²) in [5.41, 5.74) is 0.626. The molecule has 1 N–H and O–H groups in total. The molecule has 8 heteroatoms. The zero-order valence-corrected chi connectivity index (χ0v) is 14.4. The fourth-order valence-corrected chi connectivity index (χ4v) is 2.83. The number of amides is 2. The predicted molar refractivity (Wildman–Crippen MR) is 91.8 cm³/mol. The van der Waals surface area contributed by atoms with Gasteiger partial charge in [0.15, 0.2) is 5.82 Å². The SMILES string of the molecule is COc1ccc(N2C[C@H](C(=O)Nc3ccn(C)n3)CC2=O)c(OC)c1. The van der Waals surface area contributed by atoms with Gasteiger partial charge < -0.3 is 19.7 Å². The van der Waals surface area contributed by atoms with Crippen molar-refractivity contribution < 1.29 is 19.1 Å². The Hall–Kier alpha value is -3.03. The molecule has 0 bridgehead atoms. The first-order chi connectivity index (χ1) is 12.0. The molecule has 1 saturated heterocycles. The molecule has 1 aromatic carbocycles. The third-order valence-corrected chi connectivity index (χ3v) is 4.14. The van der Waals surface area contributed by atoms with E-state index in [0.717, 1.165) is 0 Å². The monoisotopic (exact) mass is 344 g/mol. The van der Waals surface area contributed by atoms with Gasteiger partial charge in [-0.05, 0) is 12.1 Å². The number of aromatic nitrogens is 2. The topological polar surface area (TPSA) is 85.7 Å². The molecule has 8 nitrogen and oxygen atoms in total. The van der Waals surface area contributed by atoms with Crippen molar-refractivity contribution in [1.82, 2.24) is 9.78 Å². The highest BCUT2D eigenvalue weighted by molar-refractivity contribution is 6.04. The number of aryl methyl sites for hydroxylation is 1. The number of carbonyl (C=O) groups excluding carboxylic acids is 2. The van der Waals surface area contributed by atoms with Gasteiger partial charge in [-0.2, -0.15) is 5.10 Å².